The van der Waals surface area contributed by atoms with Crippen LogP contribution in [0.2, 0.25) is 0 Å². The molecule has 1 rings (SSSR count). The van der Waals surface area contributed by atoms with E-state index in [2.05, 4.69) is 32.9 Å². The molecule has 0 heterocycles. The summed E-state index contributed by atoms with van der Waals surface area (Å²) in [5.74, 6) is 0.434. The summed E-state index contributed by atoms with van der Waals surface area (Å²) < 4.78 is 0. The Morgan fingerprint density at radius 2 is 1.73 bits per heavy atom. The maximum Gasteiger partial charge on any atom is 0.0837 e. The van der Waals surface area contributed by atoms with E-state index in [1.807, 2.05) is 31.2 Å². The summed E-state index contributed by atoms with van der Waals surface area (Å²) in [6.45, 7) is 10.1. The first-order valence-electron chi connectivity index (χ1n) is 8.29. The SMILES string of the molecule is CC1=CCCC(C)(O)C=CCC(C)(O)C=CC(C(C)C)=CC1. The number of allylic oxidation sites excluding steroid dienone is 5. The number of hydrogen-bond acceptors (Lipinski definition) is 2. The minimum absolute atomic E-state index is 0.434. The molecule has 1 aliphatic rings. The van der Waals surface area contributed by atoms with Gasteiger partial charge in [-0.3, -0.25) is 0 Å². The van der Waals surface area contributed by atoms with E-state index in [9.17, 15) is 10.2 Å². The van der Waals surface area contributed by atoms with Crippen molar-refractivity contribution in [2.75, 3.05) is 0 Å². The molecule has 124 valence electrons. The van der Waals surface area contributed by atoms with Crippen LogP contribution >= 0.6 is 0 Å². The van der Waals surface area contributed by atoms with Gasteiger partial charge in [0, 0.05) is 0 Å². The molecule has 0 spiro atoms. The molecule has 2 atom stereocenters. The molecule has 0 radical (unpaired) electrons. The summed E-state index contributed by atoms with van der Waals surface area (Å²) in [4.78, 5) is 0. The van der Waals surface area contributed by atoms with Gasteiger partial charge in [-0.2, -0.15) is 0 Å². The first kappa shape index (κ1) is 18.9. The Balaban J connectivity index is 3.06. The zero-order valence-corrected chi connectivity index (χ0v) is 14.8. The van der Waals surface area contributed by atoms with E-state index in [1.54, 1.807) is 6.92 Å². The van der Waals surface area contributed by atoms with Crippen LogP contribution in [0.15, 0.2) is 47.6 Å². The van der Waals surface area contributed by atoms with E-state index in [0.29, 0.717) is 18.8 Å². The van der Waals surface area contributed by atoms with Crippen LogP contribution in [0.4, 0.5) is 0 Å². The second kappa shape index (κ2) is 7.94. The van der Waals surface area contributed by atoms with Crippen molar-refractivity contribution >= 4 is 0 Å². The highest BCUT2D eigenvalue weighted by molar-refractivity contribution is 5.25. The van der Waals surface area contributed by atoms with Crippen LogP contribution in [0.1, 0.15) is 60.3 Å². The van der Waals surface area contributed by atoms with Gasteiger partial charge in [-0.1, -0.05) is 55.9 Å². The zero-order chi connectivity index (χ0) is 16.8. The van der Waals surface area contributed by atoms with Gasteiger partial charge in [0.25, 0.3) is 0 Å². The molecule has 0 aromatic carbocycles. The van der Waals surface area contributed by atoms with Crippen LogP contribution in [-0.2, 0) is 0 Å². The Kier molecular flexibility index (Phi) is 6.83. The lowest BCUT2D eigenvalue weighted by molar-refractivity contribution is 0.0988. The molecule has 0 saturated heterocycles. The van der Waals surface area contributed by atoms with Crippen molar-refractivity contribution in [3.05, 3.63) is 47.6 Å². The van der Waals surface area contributed by atoms with Gasteiger partial charge in [0.2, 0.25) is 0 Å². The number of rotatable bonds is 1. The largest absolute Gasteiger partial charge is 0.386 e. The first-order valence-corrected chi connectivity index (χ1v) is 8.29. The van der Waals surface area contributed by atoms with Gasteiger partial charge < -0.3 is 10.2 Å². The van der Waals surface area contributed by atoms with Crippen molar-refractivity contribution < 1.29 is 10.2 Å². The second-order valence-corrected chi connectivity index (χ2v) is 7.31. The summed E-state index contributed by atoms with van der Waals surface area (Å²) in [6.07, 6.45) is 15.0. The fourth-order valence-electron chi connectivity index (χ4n) is 2.45. The van der Waals surface area contributed by atoms with Crippen molar-refractivity contribution in [2.24, 2.45) is 5.92 Å². The van der Waals surface area contributed by atoms with Gasteiger partial charge >= 0.3 is 0 Å². The number of hydrogen-bond donors (Lipinski definition) is 2. The molecule has 2 nitrogen and oxygen atoms in total. The lowest BCUT2D eigenvalue weighted by atomic mass is 9.92. The molecule has 0 bridgehead atoms. The normalized spacial score (nSPS) is 31.6. The molecule has 2 heteroatoms. The summed E-state index contributed by atoms with van der Waals surface area (Å²) in [6, 6.07) is 0. The van der Waals surface area contributed by atoms with Crippen LogP contribution in [0.25, 0.3) is 0 Å². The molecule has 0 aromatic rings. The fourth-order valence-corrected chi connectivity index (χ4v) is 2.45. The van der Waals surface area contributed by atoms with E-state index in [-0.39, 0.29) is 0 Å². The van der Waals surface area contributed by atoms with E-state index in [1.165, 1.54) is 11.1 Å². The number of aliphatic hydroxyl groups is 2. The van der Waals surface area contributed by atoms with Crippen LogP contribution in [0, 0.1) is 5.92 Å². The third-order valence-electron chi connectivity index (χ3n) is 4.11. The van der Waals surface area contributed by atoms with Gasteiger partial charge in [-0.05, 0) is 57.9 Å². The molecule has 2 unspecified atom stereocenters. The Bertz CT molecular complexity index is 474. The van der Waals surface area contributed by atoms with E-state index in [4.69, 9.17) is 0 Å². The Morgan fingerprint density at radius 1 is 1.05 bits per heavy atom. The molecule has 0 aliphatic heterocycles. The lowest BCUT2D eigenvalue weighted by Gasteiger charge is -2.21. The van der Waals surface area contributed by atoms with E-state index in [0.717, 1.165) is 12.8 Å². The topological polar surface area (TPSA) is 40.5 Å². The monoisotopic (exact) mass is 304 g/mol. The van der Waals surface area contributed by atoms with E-state index < -0.39 is 11.2 Å². The fraction of sp³-hybridized carbons (Fsp3) is 0.600. The lowest BCUT2D eigenvalue weighted by Crippen LogP contribution is -2.22. The summed E-state index contributed by atoms with van der Waals surface area (Å²) in [5, 5.41) is 20.8. The molecule has 0 amide bonds. The van der Waals surface area contributed by atoms with Gasteiger partial charge in [-0.25, -0.2) is 0 Å². The molecule has 0 saturated carbocycles. The average molecular weight is 304 g/mol. The van der Waals surface area contributed by atoms with Crippen LogP contribution in [0.5, 0.6) is 0 Å². The molecule has 2 N–H and O–H groups in total. The quantitative estimate of drug-likeness (QED) is 0.689. The molecular formula is C20H32O2. The van der Waals surface area contributed by atoms with Crippen LogP contribution in [0.3, 0.4) is 0 Å². The van der Waals surface area contributed by atoms with E-state index >= 15 is 0 Å². The zero-order valence-electron chi connectivity index (χ0n) is 14.8. The maximum absolute atomic E-state index is 10.4. The van der Waals surface area contributed by atoms with Crippen molar-refractivity contribution in [1.82, 2.24) is 0 Å². The highest BCUT2D eigenvalue weighted by atomic mass is 16.3. The van der Waals surface area contributed by atoms with Crippen molar-refractivity contribution in [3.8, 4) is 0 Å². The van der Waals surface area contributed by atoms with Crippen molar-refractivity contribution in [3.63, 3.8) is 0 Å². The highest BCUT2D eigenvalue weighted by Crippen LogP contribution is 2.22. The molecule has 22 heavy (non-hydrogen) atoms. The maximum atomic E-state index is 10.4. The summed E-state index contributed by atoms with van der Waals surface area (Å²) in [5.41, 5.74) is 0.853. The van der Waals surface area contributed by atoms with Gasteiger partial charge in [-0.15, -0.1) is 0 Å². The second-order valence-electron chi connectivity index (χ2n) is 7.31. The summed E-state index contributed by atoms with van der Waals surface area (Å²) in [7, 11) is 0. The Labute approximate surface area is 135 Å². The highest BCUT2D eigenvalue weighted by Gasteiger charge is 2.18. The minimum atomic E-state index is -0.893. The van der Waals surface area contributed by atoms with Gasteiger partial charge in [0.15, 0.2) is 0 Å². The minimum Gasteiger partial charge on any atom is -0.386 e. The molecule has 0 fully saturated rings. The molecule has 1 aliphatic carbocycles. The average Bonchev–Trinajstić information content (AvgIpc) is 2.36. The van der Waals surface area contributed by atoms with Gasteiger partial charge in [0.05, 0.1) is 11.2 Å². The van der Waals surface area contributed by atoms with Gasteiger partial charge in [0.1, 0.15) is 0 Å². The standard InChI is InChI=1S/C20H32O2/c1-16(2)18-10-9-17(3)8-6-12-19(4,21)13-7-14-20(5,22)15-11-18/h7-8,10-11,13,15-16,21-22H,6,9,12,14H2,1-5H3. The smallest absolute Gasteiger partial charge is 0.0837 e. The third-order valence-corrected chi connectivity index (χ3v) is 4.11. The van der Waals surface area contributed by atoms with Crippen LogP contribution in [-0.4, -0.2) is 21.4 Å². The van der Waals surface area contributed by atoms with Crippen LogP contribution < -0.4 is 0 Å². The van der Waals surface area contributed by atoms with Crippen molar-refractivity contribution in [1.29, 1.82) is 0 Å². The summed E-state index contributed by atoms with van der Waals surface area (Å²) >= 11 is 0. The Hall–Kier alpha value is -1.12. The predicted octanol–water partition coefficient (Wildman–Crippen LogP) is 4.70. The molecule has 0 aromatic heterocycles. The predicted molar refractivity (Wildman–Crippen MR) is 94.7 cm³/mol. The molecular weight excluding hydrogens is 272 g/mol. The van der Waals surface area contributed by atoms with Crippen molar-refractivity contribution in [2.45, 2.75) is 71.5 Å². The third kappa shape index (κ3) is 7.24. The first-order chi connectivity index (χ1) is 10.1. The Morgan fingerprint density at radius 3 is 2.36 bits per heavy atom.